The molecule has 0 radical (unpaired) electrons. The van der Waals surface area contributed by atoms with E-state index in [4.69, 9.17) is 19.4 Å². The SMILES string of the molecule is c1ccc(-c2nc(-c3ccc4ccc5ccccc5c4c3)nc(-c3cccc4oc5c(ccc6ccc7ccccc7c65)c34)n2)cc1. The van der Waals surface area contributed by atoms with Crippen LogP contribution < -0.4 is 0 Å². The summed E-state index contributed by atoms with van der Waals surface area (Å²) >= 11 is 0. The van der Waals surface area contributed by atoms with Crippen LogP contribution in [0.3, 0.4) is 0 Å². The van der Waals surface area contributed by atoms with Gasteiger partial charge in [-0.3, -0.25) is 0 Å². The van der Waals surface area contributed by atoms with E-state index in [9.17, 15) is 0 Å². The molecule has 8 aromatic carbocycles. The van der Waals surface area contributed by atoms with E-state index in [0.29, 0.717) is 17.5 Å². The largest absolute Gasteiger partial charge is 0.455 e. The van der Waals surface area contributed by atoms with Crippen molar-refractivity contribution in [1.82, 2.24) is 15.0 Å². The Kier molecular flexibility index (Phi) is 5.54. The summed E-state index contributed by atoms with van der Waals surface area (Å²) in [5.74, 6) is 1.87. The van der Waals surface area contributed by atoms with Crippen molar-refractivity contribution in [3.05, 3.63) is 152 Å². The molecule has 2 heterocycles. The Morgan fingerprint density at radius 3 is 1.81 bits per heavy atom. The quantitative estimate of drug-likeness (QED) is 0.190. The molecule has 0 atom stereocenters. The fraction of sp³-hybridized carbons (Fsp3) is 0. The van der Waals surface area contributed by atoms with Crippen LogP contribution >= 0.6 is 0 Å². The van der Waals surface area contributed by atoms with E-state index in [1.54, 1.807) is 0 Å². The van der Waals surface area contributed by atoms with Crippen molar-refractivity contribution in [3.63, 3.8) is 0 Å². The first-order valence-electron chi connectivity index (χ1n) is 15.8. The van der Waals surface area contributed by atoms with Gasteiger partial charge in [0, 0.05) is 32.8 Å². The third-order valence-corrected chi connectivity index (χ3v) is 9.28. The molecule has 0 aliphatic carbocycles. The van der Waals surface area contributed by atoms with Crippen molar-refractivity contribution >= 4 is 65.0 Å². The van der Waals surface area contributed by atoms with Gasteiger partial charge in [0.15, 0.2) is 17.5 Å². The fourth-order valence-electron chi connectivity index (χ4n) is 7.04. The van der Waals surface area contributed by atoms with Gasteiger partial charge in [0.05, 0.1) is 0 Å². The highest BCUT2D eigenvalue weighted by atomic mass is 16.3. The maximum Gasteiger partial charge on any atom is 0.164 e. The highest BCUT2D eigenvalue weighted by Gasteiger charge is 2.20. The number of fused-ring (bicyclic) bond motifs is 10. The predicted octanol–water partition coefficient (Wildman–Crippen LogP) is 11.4. The summed E-state index contributed by atoms with van der Waals surface area (Å²) in [5.41, 5.74) is 4.47. The normalized spacial score (nSPS) is 11.8. The van der Waals surface area contributed by atoms with Crippen LogP contribution in [0.5, 0.6) is 0 Å². The zero-order chi connectivity index (χ0) is 30.9. The van der Waals surface area contributed by atoms with Gasteiger partial charge >= 0.3 is 0 Å². The number of nitrogens with zero attached hydrogens (tertiary/aromatic N) is 3. The average Bonchev–Trinajstić information content (AvgIpc) is 3.54. The van der Waals surface area contributed by atoms with Crippen LogP contribution in [-0.2, 0) is 0 Å². The molecule has 0 N–H and O–H groups in total. The Morgan fingerprint density at radius 2 is 0.979 bits per heavy atom. The summed E-state index contributed by atoms with van der Waals surface area (Å²) in [7, 11) is 0. The molecule has 0 aliphatic heterocycles. The van der Waals surface area contributed by atoms with E-state index in [1.807, 2.05) is 42.5 Å². The minimum atomic E-state index is 0.609. The van der Waals surface area contributed by atoms with Crippen molar-refractivity contribution in [2.45, 2.75) is 0 Å². The monoisotopic (exact) mass is 599 g/mol. The van der Waals surface area contributed by atoms with Gasteiger partial charge < -0.3 is 4.42 Å². The third kappa shape index (κ3) is 4.05. The maximum absolute atomic E-state index is 6.68. The first-order chi connectivity index (χ1) is 23.3. The second-order valence-corrected chi connectivity index (χ2v) is 12.0. The molecular weight excluding hydrogens is 574 g/mol. The topological polar surface area (TPSA) is 51.8 Å². The van der Waals surface area contributed by atoms with Gasteiger partial charge in [-0.25, -0.2) is 15.0 Å². The van der Waals surface area contributed by atoms with Crippen molar-refractivity contribution in [1.29, 1.82) is 0 Å². The van der Waals surface area contributed by atoms with E-state index in [1.165, 1.54) is 32.3 Å². The van der Waals surface area contributed by atoms with Crippen molar-refractivity contribution in [2.24, 2.45) is 0 Å². The molecule has 10 rings (SSSR count). The number of aromatic nitrogens is 3. The summed E-state index contributed by atoms with van der Waals surface area (Å²) in [6, 6.07) is 52.7. The lowest BCUT2D eigenvalue weighted by molar-refractivity contribution is 0.673. The van der Waals surface area contributed by atoms with Gasteiger partial charge in [-0.05, 0) is 55.9 Å². The van der Waals surface area contributed by atoms with Gasteiger partial charge in [0.2, 0.25) is 0 Å². The minimum absolute atomic E-state index is 0.609. The van der Waals surface area contributed by atoms with Crippen molar-refractivity contribution in [2.75, 3.05) is 0 Å². The Morgan fingerprint density at radius 1 is 0.362 bits per heavy atom. The summed E-state index contributed by atoms with van der Waals surface area (Å²) in [6.45, 7) is 0. The summed E-state index contributed by atoms with van der Waals surface area (Å²) < 4.78 is 6.68. The van der Waals surface area contributed by atoms with E-state index >= 15 is 0 Å². The smallest absolute Gasteiger partial charge is 0.164 e. The molecule has 10 aromatic rings. The molecular formula is C43H25N3O. The molecule has 2 aromatic heterocycles. The molecule has 0 amide bonds. The molecule has 0 saturated heterocycles. The van der Waals surface area contributed by atoms with Gasteiger partial charge in [-0.2, -0.15) is 0 Å². The van der Waals surface area contributed by atoms with Gasteiger partial charge in [0.1, 0.15) is 11.2 Å². The third-order valence-electron chi connectivity index (χ3n) is 9.28. The van der Waals surface area contributed by atoms with Crippen LogP contribution in [0, 0.1) is 0 Å². The average molecular weight is 600 g/mol. The summed E-state index contributed by atoms with van der Waals surface area (Å²) in [5, 5.41) is 11.4. The molecule has 0 fully saturated rings. The Bertz CT molecular complexity index is 2850. The maximum atomic E-state index is 6.68. The number of furan rings is 1. The lowest BCUT2D eigenvalue weighted by Crippen LogP contribution is -2.00. The molecule has 4 nitrogen and oxygen atoms in total. The molecule has 218 valence electrons. The van der Waals surface area contributed by atoms with E-state index in [0.717, 1.165) is 49.4 Å². The second kappa shape index (κ2) is 10.1. The highest BCUT2D eigenvalue weighted by molar-refractivity contribution is 6.24. The van der Waals surface area contributed by atoms with Gasteiger partial charge in [-0.1, -0.05) is 133 Å². The van der Waals surface area contributed by atoms with Crippen molar-refractivity contribution in [3.8, 4) is 34.2 Å². The first kappa shape index (κ1) is 25.9. The van der Waals surface area contributed by atoms with E-state index < -0.39 is 0 Å². The van der Waals surface area contributed by atoms with Crippen LogP contribution in [0.4, 0.5) is 0 Å². The summed E-state index contributed by atoms with van der Waals surface area (Å²) in [6.07, 6.45) is 0. The molecule has 4 heteroatoms. The fourth-order valence-corrected chi connectivity index (χ4v) is 7.04. The highest BCUT2D eigenvalue weighted by Crippen LogP contribution is 2.41. The molecule has 0 unspecified atom stereocenters. The molecule has 47 heavy (non-hydrogen) atoms. The predicted molar refractivity (Wildman–Crippen MR) is 193 cm³/mol. The molecule has 0 saturated carbocycles. The first-order valence-corrected chi connectivity index (χ1v) is 15.8. The second-order valence-electron chi connectivity index (χ2n) is 12.0. The number of rotatable bonds is 3. The number of hydrogen-bond donors (Lipinski definition) is 0. The number of benzene rings is 8. The summed E-state index contributed by atoms with van der Waals surface area (Å²) in [4.78, 5) is 15.3. The van der Waals surface area contributed by atoms with E-state index in [-0.39, 0.29) is 0 Å². The Labute approximate surface area is 269 Å². The molecule has 0 spiro atoms. The lowest BCUT2D eigenvalue weighted by Gasteiger charge is -2.10. The van der Waals surface area contributed by atoms with Crippen LogP contribution in [-0.4, -0.2) is 15.0 Å². The van der Waals surface area contributed by atoms with Crippen molar-refractivity contribution < 1.29 is 4.42 Å². The van der Waals surface area contributed by atoms with Crippen LogP contribution in [0.1, 0.15) is 0 Å². The molecule has 0 bridgehead atoms. The van der Waals surface area contributed by atoms with Gasteiger partial charge in [0.25, 0.3) is 0 Å². The minimum Gasteiger partial charge on any atom is -0.455 e. The standard InChI is InChI=1S/C43H25N3O/c1-2-11-30(12-3-1)41-44-42(31-22-20-28-18-17-26-9-4-6-13-32(26)36(28)25-31)46-43(45-41)35-15-8-16-37-39(35)34-24-23-29-21-19-27-10-5-7-14-33(27)38(29)40(34)47-37/h1-25H. The van der Waals surface area contributed by atoms with Gasteiger partial charge in [-0.15, -0.1) is 0 Å². The zero-order valence-electron chi connectivity index (χ0n) is 25.2. The van der Waals surface area contributed by atoms with E-state index in [2.05, 4.69) is 109 Å². The van der Waals surface area contributed by atoms with Crippen LogP contribution in [0.25, 0.3) is 99.2 Å². The zero-order valence-corrected chi connectivity index (χ0v) is 25.2. The Hall–Kier alpha value is -6.39. The number of hydrogen-bond acceptors (Lipinski definition) is 4. The molecule has 0 aliphatic rings. The lowest BCUT2D eigenvalue weighted by atomic mass is 9.98. The van der Waals surface area contributed by atoms with Crippen LogP contribution in [0.2, 0.25) is 0 Å². The Balaban J connectivity index is 1.25. The van der Waals surface area contributed by atoms with Crippen LogP contribution in [0.15, 0.2) is 156 Å².